The van der Waals surface area contributed by atoms with E-state index in [0.29, 0.717) is 25.2 Å². The largest absolute Gasteiger partial charge is 0.381 e. The van der Waals surface area contributed by atoms with Gasteiger partial charge in [0.2, 0.25) is 0 Å². The second-order valence-electron chi connectivity index (χ2n) is 7.24. The highest BCUT2D eigenvalue weighted by molar-refractivity contribution is 14.0. The van der Waals surface area contributed by atoms with Gasteiger partial charge in [0.25, 0.3) is 0 Å². The fourth-order valence-corrected chi connectivity index (χ4v) is 2.79. The maximum atomic E-state index is 5.97. The van der Waals surface area contributed by atoms with Crippen LogP contribution in [0.2, 0.25) is 0 Å². The molecule has 1 aromatic rings. The van der Waals surface area contributed by atoms with Crippen molar-refractivity contribution in [3.05, 3.63) is 35.4 Å². The van der Waals surface area contributed by atoms with Crippen LogP contribution in [-0.4, -0.2) is 38.4 Å². The van der Waals surface area contributed by atoms with Crippen LogP contribution in [0.1, 0.15) is 51.2 Å². The molecule has 1 aliphatic heterocycles. The van der Waals surface area contributed by atoms with Crippen molar-refractivity contribution in [3.8, 4) is 0 Å². The monoisotopic (exact) mass is 489 g/mol. The minimum atomic E-state index is 0. The maximum absolute atomic E-state index is 5.97. The Morgan fingerprint density at radius 2 is 1.81 bits per heavy atom. The van der Waals surface area contributed by atoms with E-state index in [4.69, 9.17) is 9.47 Å². The molecule has 0 saturated carbocycles. The van der Waals surface area contributed by atoms with E-state index in [9.17, 15) is 0 Å². The standard InChI is InChI=1S/C21H35N3O2.HI/c1-4-22-21(23-12-9-17(2)3)24-15-18-5-7-19(8-6-18)16-26-20-10-13-25-14-11-20;/h5-8,17,20H,4,9-16H2,1-3H3,(H2,22,23,24);1H. The van der Waals surface area contributed by atoms with Gasteiger partial charge in [0, 0.05) is 26.3 Å². The van der Waals surface area contributed by atoms with Gasteiger partial charge in [-0.15, -0.1) is 24.0 Å². The molecule has 0 atom stereocenters. The van der Waals surface area contributed by atoms with E-state index in [2.05, 4.69) is 60.7 Å². The first-order valence-electron chi connectivity index (χ1n) is 9.96. The molecular formula is C21H36IN3O2. The molecule has 2 N–H and O–H groups in total. The van der Waals surface area contributed by atoms with Gasteiger partial charge >= 0.3 is 0 Å². The summed E-state index contributed by atoms with van der Waals surface area (Å²) in [6.07, 6.45) is 3.49. The van der Waals surface area contributed by atoms with Crippen molar-refractivity contribution >= 4 is 29.9 Å². The molecule has 0 unspecified atom stereocenters. The molecule has 154 valence electrons. The normalized spacial score (nSPS) is 15.5. The average molecular weight is 489 g/mol. The highest BCUT2D eigenvalue weighted by atomic mass is 127. The summed E-state index contributed by atoms with van der Waals surface area (Å²) in [6.45, 7) is 11.4. The van der Waals surface area contributed by atoms with Crippen LogP contribution in [0, 0.1) is 5.92 Å². The van der Waals surface area contributed by atoms with E-state index in [-0.39, 0.29) is 24.0 Å². The van der Waals surface area contributed by atoms with Gasteiger partial charge in [-0.3, -0.25) is 0 Å². The van der Waals surface area contributed by atoms with Crippen LogP contribution < -0.4 is 10.6 Å². The smallest absolute Gasteiger partial charge is 0.191 e. The van der Waals surface area contributed by atoms with Crippen LogP contribution in [0.4, 0.5) is 0 Å². The van der Waals surface area contributed by atoms with Crippen molar-refractivity contribution in [1.29, 1.82) is 0 Å². The van der Waals surface area contributed by atoms with Crippen molar-refractivity contribution in [1.82, 2.24) is 10.6 Å². The molecule has 0 bridgehead atoms. The van der Waals surface area contributed by atoms with Gasteiger partial charge in [0.05, 0.1) is 19.3 Å². The lowest BCUT2D eigenvalue weighted by Gasteiger charge is -2.22. The van der Waals surface area contributed by atoms with Crippen LogP contribution >= 0.6 is 24.0 Å². The molecule has 0 aliphatic carbocycles. The highest BCUT2D eigenvalue weighted by Gasteiger charge is 2.13. The number of ether oxygens (including phenoxy) is 2. The molecule has 0 radical (unpaired) electrons. The first kappa shape index (κ1) is 24.2. The summed E-state index contributed by atoms with van der Waals surface area (Å²) in [4.78, 5) is 4.68. The van der Waals surface area contributed by atoms with Crippen molar-refractivity contribution in [2.75, 3.05) is 26.3 Å². The third-order valence-electron chi connectivity index (χ3n) is 4.46. The van der Waals surface area contributed by atoms with Gasteiger partial charge in [0.15, 0.2) is 5.96 Å². The molecule has 1 heterocycles. The lowest BCUT2D eigenvalue weighted by molar-refractivity contribution is -0.0390. The van der Waals surface area contributed by atoms with Crippen LogP contribution in [0.15, 0.2) is 29.3 Å². The van der Waals surface area contributed by atoms with Gasteiger partial charge in [0.1, 0.15) is 0 Å². The first-order valence-corrected chi connectivity index (χ1v) is 9.96. The molecule has 1 aliphatic rings. The van der Waals surface area contributed by atoms with Gasteiger partial charge in [-0.25, -0.2) is 4.99 Å². The second-order valence-corrected chi connectivity index (χ2v) is 7.24. The lowest BCUT2D eigenvalue weighted by atomic mass is 10.1. The second kappa shape index (κ2) is 14.2. The summed E-state index contributed by atoms with van der Waals surface area (Å²) in [6, 6.07) is 8.57. The molecule has 1 aromatic carbocycles. The highest BCUT2D eigenvalue weighted by Crippen LogP contribution is 2.14. The van der Waals surface area contributed by atoms with E-state index < -0.39 is 0 Å². The van der Waals surface area contributed by atoms with Gasteiger partial charge < -0.3 is 20.1 Å². The molecule has 27 heavy (non-hydrogen) atoms. The zero-order chi connectivity index (χ0) is 18.6. The number of benzene rings is 1. The van der Waals surface area contributed by atoms with Gasteiger partial charge in [-0.05, 0) is 43.2 Å². The number of rotatable bonds is 9. The third-order valence-corrected chi connectivity index (χ3v) is 4.46. The SMILES string of the molecule is CCNC(=NCc1ccc(COC2CCOCC2)cc1)NCCC(C)C.I. The quantitative estimate of drug-likeness (QED) is 0.312. The summed E-state index contributed by atoms with van der Waals surface area (Å²) < 4.78 is 11.3. The summed E-state index contributed by atoms with van der Waals surface area (Å²) in [5.74, 6) is 1.58. The minimum Gasteiger partial charge on any atom is -0.381 e. The van der Waals surface area contributed by atoms with Gasteiger partial charge in [-0.2, -0.15) is 0 Å². The predicted molar refractivity (Wildman–Crippen MR) is 123 cm³/mol. The van der Waals surface area contributed by atoms with Crippen molar-refractivity contribution in [3.63, 3.8) is 0 Å². The van der Waals surface area contributed by atoms with E-state index in [1.165, 1.54) is 11.1 Å². The lowest BCUT2D eigenvalue weighted by Crippen LogP contribution is -2.38. The predicted octanol–water partition coefficient (Wildman–Crippen LogP) is 4.10. The summed E-state index contributed by atoms with van der Waals surface area (Å²) in [5.41, 5.74) is 2.42. The molecule has 2 rings (SSSR count). The molecule has 0 amide bonds. The third kappa shape index (κ3) is 10.3. The van der Waals surface area contributed by atoms with E-state index in [0.717, 1.165) is 51.5 Å². The van der Waals surface area contributed by atoms with E-state index >= 15 is 0 Å². The number of hydrogen-bond donors (Lipinski definition) is 2. The number of aliphatic imine (C=N–C) groups is 1. The van der Waals surface area contributed by atoms with E-state index in [1.807, 2.05) is 0 Å². The minimum absolute atomic E-state index is 0. The van der Waals surface area contributed by atoms with Crippen molar-refractivity contribution in [2.24, 2.45) is 10.9 Å². The molecule has 0 spiro atoms. The molecule has 1 saturated heterocycles. The number of hydrogen-bond acceptors (Lipinski definition) is 3. The zero-order valence-electron chi connectivity index (χ0n) is 17.0. The van der Waals surface area contributed by atoms with Crippen LogP contribution in [-0.2, 0) is 22.6 Å². The summed E-state index contributed by atoms with van der Waals surface area (Å²) in [7, 11) is 0. The Hall–Kier alpha value is -0.860. The molecular weight excluding hydrogens is 453 g/mol. The summed E-state index contributed by atoms with van der Waals surface area (Å²) in [5, 5.41) is 6.70. The van der Waals surface area contributed by atoms with Crippen LogP contribution in [0.3, 0.4) is 0 Å². The number of guanidine groups is 1. The van der Waals surface area contributed by atoms with Crippen LogP contribution in [0.5, 0.6) is 0 Å². The Labute approximate surface area is 181 Å². The van der Waals surface area contributed by atoms with Gasteiger partial charge in [-0.1, -0.05) is 38.1 Å². The number of nitrogens with zero attached hydrogens (tertiary/aromatic N) is 1. The molecule has 5 nitrogen and oxygen atoms in total. The first-order chi connectivity index (χ1) is 12.7. The topological polar surface area (TPSA) is 54.9 Å². The fraction of sp³-hybridized carbons (Fsp3) is 0.667. The summed E-state index contributed by atoms with van der Waals surface area (Å²) >= 11 is 0. The van der Waals surface area contributed by atoms with Crippen LogP contribution in [0.25, 0.3) is 0 Å². The Morgan fingerprint density at radius 1 is 1.15 bits per heavy atom. The fourth-order valence-electron chi connectivity index (χ4n) is 2.79. The number of halogens is 1. The Morgan fingerprint density at radius 3 is 2.44 bits per heavy atom. The average Bonchev–Trinajstić information content (AvgIpc) is 2.66. The maximum Gasteiger partial charge on any atom is 0.191 e. The Balaban J connectivity index is 0.00000364. The molecule has 6 heteroatoms. The molecule has 0 aromatic heterocycles. The Kier molecular flexibility index (Phi) is 12.7. The molecule has 1 fully saturated rings. The number of nitrogens with one attached hydrogen (secondary N) is 2. The zero-order valence-corrected chi connectivity index (χ0v) is 19.3. The Bertz CT molecular complexity index is 529. The van der Waals surface area contributed by atoms with E-state index in [1.54, 1.807) is 0 Å². The van der Waals surface area contributed by atoms with Crippen molar-refractivity contribution in [2.45, 2.75) is 59.3 Å². The van der Waals surface area contributed by atoms with Crippen molar-refractivity contribution < 1.29 is 9.47 Å².